The van der Waals surface area contributed by atoms with Gasteiger partial charge in [0, 0.05) is 31.1 Å². The molecule has 5 heteroatoms. The third kappa shape index (κ3) is 2.44. The third-order valence-corrected chi connectivity index (χ3v) is 3.26. The highest BCUT2D eigenvalue weighted by Gasteiger charge is 2.10. The molecule has 0 aliphatic carbocycles. The Hall–Kier alpha value is -1.94. The predicted octanol–water partition coefficient (Wildman–Crippen LogP) is 2.81. The van der Waals surface area contributed by atoms with E-state index in [1.807, 2.05) is 36.5 Å². The van der Waals surface area contributed by atoms with Gasteiger partial charge in [0.25, 0.3) is 0 Å². The Morgan fingerprint density at radius 2 is 1.95 bits per heavy atom. The van der Waals surface area contributed by atoms with Gasteiger partial charge in [0.2, 0.25) is 0 Å². The molecule has 0 unspecified atom stereocenters. The first-order valence-electron chi connectivity index (χ1n) is 6.14. The van der Waals surface area contributed by atoms with E-state index in [9.17, 15) is 0 Å². The number of aromatic nitrogens is 4. The lowest BCUT2D eigenvalue weighted by Gasteiger charge is -2.06. The number of halogens is 1. The minimum Gasteiger partial charge on any atom is -0.311 e. The van der Waals surface area contributed by atoms with Crippen LogP contribution in [0.25, 0.3) is 11.2 Å². The second kappa shape index (κ2) is 5.36. The lowest BCUT2D eigenvalue weighted by atomic mass is 10.2. The van der Waals surface area contributed by atoms with E-state index < -0.39 is 0 Å². The largest absolute Gasteiger partial charge is 0.311 e. The lowest BCUT2D eigenvalue weighted by Crippen LogP contribution is -2.06. The molecular formula is C14H13ClN4. The van der Waals surface area contributed by atoms with Crippen molar-refractivity contribution in [3.8, 4) is 0 Å². The number of pyridine rings is 2. The Bertz CT molecular complexity index is 678. The Morgan fingerprint density at radius 3 is 2.74 bits per heavy atom. The van der Waals surface area contributed by atoms with Gasteiger partial charge >= 0.3 is 0 Å². The van der Waals surface area contributed by atoms with Gasteiger partial charge in [-0.3, -0.25) is 4.98 Å². The highest BCUT2D eigenvalue weighted by atomic mass is 35.5. The first-order chi connectivity index (χ1) is 9.38. The summed E-state index contributed by atoms with van der Waals surface area (Å²) >= 11 is 5.96. The number of fused-ring (bicyclic) bond motifs is 1. The summed E-state index contributed by atoms with van der Waals surface area (Å²) in [6.45, 7) is 0.784. The van der Waals surface area contributed by atoms with Crippen molar-refractivity contribution < 1.29 is 0 Å². The van der Waals surface area contributed by atoms with Gasteiger partial charge in [-0.2, -0.15) is 0 Å². The molecule has 96 valence electrons. The van der Waals surface area contributed by atoms with Gasteiger partial charge in [0.05, 0.1) is 5.88 Å². The second-order valence-corrected chi connectivity index (χ2v) is 4.50. The molecule has 0 atom stereocenters. The van der Waals surface area contributed by atoms with Crippen molar-refractivity contribution in [3.63, 3.8) is 0 Å². The lowest BCUT2D eigenvalue weighted by molar-refractivity contribution is 0.673. The van der Waals surface area contributed by atoms with E-state index in [-0.39, 0.29) is 0 Å². The molecule has 3 aromatic rings. The molecule has 4 nitrogen and oxygen atoms in total. The number of nitrogens with zero attached hydrogens (tertiary/aromatic N) is 4. The van der Waals surface area contributed by atoms with Crippen LogP contribution in [-0.4, -0.2) is 19.5 Å². The second-order valence-electron chi connectivity index (χ2n) is 4.23. The van der Waals surface area contributed by atoms with E-state index in [0.717, 1.165) is 35.6 Å². The Kier molecular flexibility index (Phi) is 3.42. The molecule has 3 heterocycles. The highest BCUT2D eigenvalue weighted by Crippen LogP contribution is 2.15. The van der Waals surface area contributed by atoms with Crippen molar-refractivity contribution in [2.24, 2.45) is 0 Å². The van der Waals surface area contributed by atoms with Crippen molar-refractivity contribution in [1.29, 1.82) is 0 Å². The van der Waals surface area contributed by atoms with Gasteiger partial charge in [-0.25, -0.2) is 9.97 Å². The minimum atomic E-state index is 0.387. The fourth-order valence-corrected chi connectivity index (χ4v) is 2.32. The fraction of sp³-hybridized carbons (Fsp3) is 0.214. The molecule has 0 spiro atoms. The summed E-state index contributed by atoms with van der Waals surface area (Å²) in [7, 11) is 0. The van der Waals surface area contributed by atoms with Gasteiger partial charge in [-0.05, 0) is 24.3 Å². The molecule has 0 fully saturated rings. The zero-order chi connectivity index (χ0) is 13.1. The summed E-state index contributed by atoms with van der Waals surface area (Å²) in [6, 6.07) is 9.77. The van der Waals surface area contributed by atoms with Gasteiger partial charge in [0.15, 0.2) is 5.65 Å². The number of hydrogen-bond donors (Lipinski definition) is 0. The van der Waals surface area contributed by atoms with Crippen LogP contribution in [0.5, 0.6) is 0 Å². The van der Waals surface area contributed by atoms with Crippen LogP contribution < -0.4 is 0 Å². The normalized spacial score (nSPS) is 11.0. The van der Waals surface area contributed by atoms with Crippen molar-refractivity contribution in [2.75, 3.05) is 0 Å². The molecule has 19 heavy (non-hydrogen) atoms. The molecule has 0 N–H and O–H groups in total. The van der Waals surface area contributed by atoms with Crippen LogP contribution in [0.2, 0.25) is 0 Å². The first-order valence-corrected chi connectivity index (χ1v) is 6.68. The molecule has 3 aromatic heterocycles. The number of imidazole rings is 1. The smallest absolute Gasteiger partial charge is 0.160 e. The van der Waals surface area contributed by atoms with Gasteiger partial charge in [-0.15, -0.1) is 11.6 Å². The van der Waals surface area contributed by atoms with E-state index in [1.54, 1.807) is 6.20 Å². The summed E-state index contributed by atoms with van der Waals surface area (Å²) in [6.07, 6.45) is 4.42. The van der Waals surface area contributed by atoms with Crippen LogP contribution in [0, 0.1) is 0 Å². The first kappa shape index (κ1) is 12.1. The van der Waals surface area contributed by atoms with E-state index in [2.05, 4.69) is 19.5 Å². The average molecular weight is 273 g/mol. The summed E-state index contributed by atoms with van der Waals surface area (Å²) in [4.78, 5) is 13.2. The number of rotatable bonds is 4. The van der Waals surface area contributed by atoms with E-state index in [4.69, 9.17) is 11.6 Å². The predicted molar refractivity (Wildman–Crippen MR) is 75.0 cm³/mol. The molecule has 0 saturated carbocycles. The maximum Gasteiger partial charge on any atom is 0.160 e. The summed E-state index contributed by atoms with van der Waals surface area (Å²) in [5.74, 6) is 1.24. The Balaban J connectivity index is 1.91. The maximum absolute atomic E-state index is 5.96. The van der Waals surface area contributed by atoms with Crippen LogP contribution >= 0.6 is 11.6 Å². The summed E-state index contributed by atoms with van der Waals surface area (Å²) in [5, 5.41) is 0. The number of alkyl halides is 1. The van der Waals surface area contributed by atoms with Crippen molar-refractivity contribution in [2.45, 2.75) is 18.8 Å². The van der Waals surface area contributed by atoms with E-state index in [0.29, 0.717) is 5.88 Å². The van der Waals surface area contributed by atoms with E-state index >= 15 is 0 Å². The van der Waals surface area contributed by atoms with Crippen LogP contribution in [0.1, 0.15) is 11.5 Å². The molecule has 3 rings (SSSR count). The standard InChI is InChI=1S/C14H13ClN4/c15-10-13-18-12-5-3-8-17-14(12)19(13)9-6-11-4-1-2-7-16-11/h1-5,7-8H,6,9-10H2. The van der Waals surface area contributed by atoms with Crippen molar-refractivity contribution in [1.82, 2.24) is 19.5 Å². The van der Waals surface area contributed by atoms with Crippen LogP contribution in [0.4, 0.5) is 0 Å². The monoisotopic (exact) mass is 272 g/mol. The average Bonchev–Trinajstić information content (AvgIpc) is 2.84. The molecule has 0 aromatic carbocycles. The van der Waals surface area contributed by atoms with E-state index in [1.165, 1.54) is 0 Å². The zero-order valence-corrected chi connectivity index (χ0v) is 11.1. The van der Waals surface area contributed by atoms with Crippen molar-refractivity contribution >= 4 is 22.8 Å². The number of aryl methyl sites for hydroxylation is 2. The Morgan fingerprint density at radius 1 is 1.05 bits per heavy atom. The zero-order valence-electron chi connectivity index (χ0n) is 10.3. The van der Waals surface area contributed by atoms with Crippen LogP contribution in [-0.2, 0) is 18.8 Å². The van der Waals surface area contributed by atoms with Crippen molar-refractivity contribution in [3.05, 3.63) is 54.2 Å². The molecule has 0 aliphatic rings. The Labute approximate surface area is 116 Å². The van der Waals surface area contributed by atoms with Crippen LogP contribution in [0.15, 0.2) is 42.7 Å². The summed E-state index contributed by atoms with van der Waals surface area (Å²) in [5.41, 5.74) is 2.83. The van der Waals surface area contributed by atoms with Gasteiger partial charge in [0.1, 0.15) is 11.3 Å². The van der Waals surface area contributed by atoms with Crippen LogP contribution in [0.3, 0.4) is 0 Å². The number of hydrogen-bond acceptors (Lipinski definition) is 3. The molecule has 0 saturated heterocycles. The SMILES string of the molecule is ClCc1nc2cccnc2n1CCc1ccccn1. The van der Waals surface area contributed by atoms with Gasteiger partial charge in [-0.1, -0.05) is 6.07 Å². The molecule has 0 aliphatic heterocycles. The molecule has 0 amide bonds. The topological polar surface area (TPSA) is 43.6 Å². The maximum atomic E-state index is 5.96. The van der Waals surface area contributed by atoms with Gasteiger partial charge < -0.3 is 4.57 Å². The summed E-state index contributed by atoms with van der Waals surface area (Å²) < 4.78 is 2.07. The molecule has 0 radical (unpaired) electrons. The highest BCUT2D eigenvalue weighted by molar-refractivity contribution is 6.16. The quantitative estimate of drug-likeness (QED) is 0.686. The molecular weight excluding hydrogens is 260 g/mol. The molecule has 0 bridgehead atoms. The third-order valence-electron chi connectivity index (χ3n) is 3.02. The fourth-order valence-electron chi connectivity index (χ4n) is 2.11. The minimum absolute atomic E-state index is 0.387.